The zero-order valence-corrected chi connectivity index (χ0v) is 10.6. The monoisotopic (exact) mass is 249 g/mol. The molecule has 4 heteroatoms. The second kappa shape index (κ2) is 5.98. The van der Waals surface area contributed by atoms with Crippen LogP contribution in [0.5, 0.6) is 0 Å². The summed E-state index contributed by atoms with van der Waals surface area (Å²) in [4.78, 5) is 14.0. The van der Waals surface area contributed by atoms with Gasteiger partial charge in [-0.05, 0) is 5.56 Å². The summed E-state index contributed by atoms with van der Waals surface area (Å²) in [7, 11) is 0. The van der Waals surface area contributed by atoms with Gasteiger partial charge in [0.05, 0.1) is 25.2 Å². The molecular weight excluding hydrogens is 230 g/mol. The second-order valence-corrected chi connectivity index (χ2v) is 4.58. The standard InChI is InChI=1S/C14H19NO3/c1-11(13(16)12-5-3-2-4-6-12)14(17)15-7-9-18-10-8-15/h2-6,11,13,16H,7-10H2,1H3. The molecule has 1 aliphatic rings. The number of ether oxygens (including phenoxy) is 1. The van der Waals surface area contributed by atoms with Gasteiger partial charge in [-0.15, -0.1) is 0 Å². The Labute approximate surface area is 107 Å². The summed E-state index contributed by atoms with van der Waals surface area (Å²) in [5.41, 5.74) is 0.784. The summed E-state index contributed by atoms with van der Waals surface area (Å²) in [5, 5.41) is 10.2. The van der Waals surface area contributed by atoms with Crippen LogP contribution in [0.3, 0.4) is 0 Å². The van der Waals surface area contributed by atoms with Crippen LogP contribution in [0.25, 0.3) is 0 Å². The largest absolute Gasteiger partial charge is 0.388 e. The summed E-state index contributed by atoms with van der Waals surface area (Å²) in [6.07, 6.45) is -0.749. The van der Waals surface area contributed by atoms with Crippen molar-refractivity contribution in [1.82, 2.24) is 4.90 Å². The van der Waals surface area contributed by atoms with Crippen molar-refractivity contribution in [3.05, 3.63) is 35.9 Å². The van der Waals surface area contributed by atoms with Crippen LogP contribution in [0, 0.1) is 5.92 Å². The quantitative estimate of drug-likeness (QED) is 0.876. The third-order valence-corrected chi connectivity index (χ3v) is 3.33. The number of hydrogen-bond donors (Lipinski definition) is 1. The van der Waals surface area contributed by atoms with Crippen molar-refractivity contribution in [3.63, 3.8) is 0 Å². The normalized spacial score (nSPS) is 19.3. The van der Waals surface area contributed by atoms with E-state index >= 15 is 0 Å². The van der Waals surface area contributed by atoms with Gasteiger partial charge < -0.3 is 14.7 Å². The number of hydrogen-bond acceptors (Lipinski definition) is 3. The van der Waals surface area contributed by atoms with Crippen molar-refractivity contribution in [3.8, 4) is 0 Å². The van der Waals surface area contributed by atoms with E-state index in [0.717, 1.165) is 5.56 Å². The van der Waals surface area contributed by atoms with Crippen LogP contribution in [-0.2, 0) is 9.53 Å². The molecule has 0 spiro atoms. The third-order valence-electron chi connectivity index (χ3n) is 3.33. The van der Waals surface area contributed by atoms with E-state index in [0.29, 0.717) is 26.3 Å². The molecule has 1 aliphatic heterocycles. The van der Waals surface area contributed by atoms with Gasteiger partial charge in [0.25, 0.3) is 0 Å². The van der Waals surface area contributed by atoms with Gasteiger partial charge in [-0.2, -0.15) is 0 Å². The molecule has 1 saturated heterocycles. The summed E-state index contributed by atoms with van der Waals surface area (Å²) < 4.78 is 5.22. The zero-order chi connectivity index (χ0) is 13.0. The van der Waals surface area contributed by atoms with Gasteiger partial charge >= 0.3 is 0 Å². The predicted octanol–water partition coefficient (Wildman–Crippen LogP) is 1.21. The average Bonchev–Trinajstić information content (AvgIpc) is 2.47. The molecule has 18 heavy (non-hydrogen) atoms. The van der Waals surface area contributed by atoms with Gasteiger partial charge in [-0.25, -0.2) is 0 Å². The van der Waals surface area contributed by atoms with E-state index in [1.54, 1.807) is 11.8 Å². The average molecular weight is 249 g/mol. The second-order valence-electron chi connectivity index (χ2n) is 4.58. The lowest BCUT2D eigenvalue weighted by Gasteiger charge is -2.30. The molecule has 0 aliphatic carbocycles. The van der Waals surface area contributed by atoms with Crippen molar-refractivity contribution >= 4 is 5.91 Å². The molecule has 1 aromatic carbocycles. The number of amides is 1. The number of aliphatic hydroxyl groups excluding tert-OH is 1. The highest BCUT2D eigenvalue weighted by Crippen LogP contribution is 2.23. The Kier molecular flexibility index (Phi) is 4.33. The molecule has 2 unspecified atom stereocenters. The van der Waals surface area contributed by atoms with Gasteiger partial charge in [0.1, 0.15) is 0 Å². The minimum atomic E-state index is -0.749. The summed E-state index contributed by atoms with van der Waals surface area (Å²) in [6.45, 7) is 4.17. The van der Waals surface area contributed by atoms with Crippen LogP contribution >= 0.6 is 0 Å². The Hall–Kier alpha value is -1.39. The van der Waals surface area contributed by atoms with Crippen molar-refractivity contribution in [2.24, 2.45) is 5.92 Å². The maximum Gasteiger partial charge on any atom is 0.228 e. The highest BCUT2D eigenvalue weighted by molar-refractivity contribution is 5.79. The number of morpholine rings is 1. The van der Waals surface area contributed by atoms with Crippen molar-refractivity contribution in [1.29, 1.82) is 0 Å². The summed E-state index contributed by atoms with van der Waals surface area (Å²) in [6, 6.07) is 9.31. The smallest absolute Gasteiger partial charge is 0.228 e. The van der Waals surface area contributed by atoms with E-state index in [4.69, 9.17) is 4.74 Å². The van der Waals surface area contributed by atoms with Crippen molar-refractivity contribution in [2.75, 3.05) is 26.3 Å². The molecule has 1 amide bonds. The first kappa shape index (κ1) is 13.1. The van der Waals surface area contributed by atoms with Crippen LogP contribution < -0.4 is 0 Å². The van der Waals surface area contributed by atoms with E-state index in [2.05, 4.69) is 0 Å². The Balaban J connectivity index is 2.01. The number of aliphatic hydroxyl groups is 1. The number of benzene rings is 1. The van der Waals surface area contributed by atoms with Crippen LogP contribution in [0.1, 0.15) is 18.6 Å². The van der Waals surface area contributed by atoms with E-state index < -0.39 is 12.0 Å². The molecule has 1 fully saturated rings. The SMILES string of the molecule is CC(C(=O)N1CCOCC1)C(O)c1ccccc1. The number of nitrogens with zero attached hydrogens (tertiary/aromatic N) is 1. The lowest BCUT2D eigenvalue weighted by Crippen LogP contribution is -2.44. The van der Waals surface area contributed by atoms with E-state index in [1.807, 2.05) is 30.3 Å². The Morgan fingerprint density at radius 2 is 1.89 bits per heavy atom. The summed E-state index contributed by atoms with van der Waals surface area (Å²) >= 11 is 0. The van der Waals surface area contributed by atoms with Gasteiger partial charge in [0, 0.05) is 13.1 Å². The minimum Gasteiger partial charge on any atom is -0.388 e. The van der Waals surface area contributed by atoms with Gasteiger partial charge in [0.2, 0.25) is 5.91 Å². The van der Waals surface area contributed by atoms with Crippen LogP contribution in [0.15, 0.2) is 30.3 Å². The van der Waals surface area contributed by atoms with Crippen LogP contribution in [-0.4, -0.2) is 42.2 Å². The number of carbonyl (C=O) groups excluding carboxylic acids is 1. The molecule has 2 rings (SSSR count). The Morgan fingerprint density at radius 3 is 2.50 bits per heavy atom. The maximum atomic E-state index is 12.2. The number of carbonyl (C=O) groups is 1. The molecule has 1 N–H and O–H groups in total. The number of rotatable bonds is 3. The molecule has 0 radical (unpaired) electrons. The van der Waals surface area contributed by atoms with Gasteiger partial charge in [-0.3, -0.25) is 4.79 Å². The fourth-order valence-electron chi connectivity index (χ4n) is 2.15. The molecule has 1 heterocycles. The molecule has 1 aromatic rings. The predicted molar refractivity (Wildman–Crippen MR) is 68.0 cm³/mol. The fraction of sp³-hybridized carbons (Fsp3) is 0.500. The van der Waals surface area contributed by atoms with E-state index in [-0.39, 0.29) is 5.91 Å². The van der Waals surface area contributed by atoms with Gasteiger partial charge in [0.15, 0.2) is 0 Å². The molecule has 0 bridgehead atoms. The van der Waals surface area contributed by atoms with Gasteiger partial charge in [-0.1, -0.05) is 37.3 Å². The molecule has 98 valence electrons. The highest BCUT2D eigenvalue weighted by Gasteiger charge is 2.28. The Morgan fingerprint density at radius 1 is 1.28 bits per heavy atom. The lowest BCUT2D eigenvalue weighted by atomic mass is 9.96. The topological polar surface area (TPSA) is 49.8 Å². The first-order valence-corrected chi connectivity index (χ1v) is 6.29. The fourth-order valence-corrected chi connectivity index (χ4v) is 2.15. The molecule has 2 atom stereocenters. The maximum absolute atomic E-state index is 12.2. The van der Waals surface area contributed by atoms with Crippen molar-refractivity contribution in [2.45, 2.75) is 13.0 Å². The third kappa shape index (κ3) is 2.89. The first-order valence-electron chi connectivity index (χ1n) is 6.29. The first-order chi connectivity index (χ1) is 8.70. The van der Waals surface area contributed by atoms with Crippen LogP contribution in [0.4, 0.5) is 0 Å². The molecular formula is C14H19NO3. The van der Waals surface area contributed by atoms with E-state index in [9.17, 15) is 9.90 Å². The lowest BCUT2D eigenvalue weighted by molar-refractivity contribution is -0.142. The molecule has 0 aromatic heterocycles. The minimum absolute atomic E-state index is 0.00495. The Bertz CT molecular complexity index is 387. The molecule has 4 nitrogen and oxygen atoms in total. The van der Waals surface area contributed by atoms with Crippen molar-refractivity contribution < 1.29 is 14.6 Å². The van der Waals surface area contributed by atoms with Crippen LogP contribution in [0.2, 0.25) is 0 Å². The highest BCUT2D eigenvalue weighted by atomic mass is 16.5. The van der Waals surface area contributed by atoms with E-state index in [1.165, 1.54) is 0 Å². The zero-order valence-electron chi connectivity index (χ0n) is 10.6. The summed E-state index contributed by atoms with van der Waals surface area (Å²) in [5.74, 6) is -0.430. The molecule has 0 saturated carbocycles.